The molecule has 0 aliphatic carbocycles. The van der Waals surface area contributed by atoms with Gasteiger partial charge < -0.3 is 4.57 Å². The Morgan fingerprint density at radius 1 is 1.04 bits per heavy atom. The Morgan fingerprint density at radius 2 is 1.62 bits per heavy atom. The Labute approximate surface area is 157 Å². The molecule has 3 aromatic rings. The number of hydrogen-bond acceptors (Lipinski definition) is 2. The molecule has 1 heterocycles. The van der Waals surface area contributed by atoms with Crippen molar-refractivity contribution in [1.82, 2.24) is 9.55 Å². The molecule has 0 radical (unpaired) electrons. The highest BCUT2D eigenvalue weighted by molar-refractivity contribution is 9.10. The molecule has 0 saturated carbocycles. The second-order valence-electron chi connectivity index (χ2n) is 5.12. The summed E-state index contributed by atoms with van der Waals surface area (Å²) in [4.78, 5) is 17.3. The van der Waals surface area contributed by atoms with Crippen LogP contribution < -0.4 is 0 Å². The average Bonchev–Trinajstić information content (AvgIpc) is 3.00. The smallest absolute Gasteiger partial charge is 0.228 e. The number of carbonyl (C=O) groups excluding carboxylic acids is 1. The molecule has 0 fully saturated rings. The van der Waals surface area contributed by atoms with Crippen LogP contribution in [-0.4, -0.2) is 15.3 Å². The first kappa shape index (κ1) is 16.7. The molecule has 118 valence electrons. The van der Waals surface area contributed by atoms with Gasteiger partial charge in [0.1, 0.15) is 0 Å². The van der Waals surface area contributed by atoms with E-state index in [1.54, 1.807) is 16.7 Å². The number of imidazole rings is 1. The van der Waals surface area contributed by atoms with E-state index in [0.717, 1.165) is 20.2 Å². The van der Waals surface area contributed by atoms with E-state index in [-0.39, 0.29) is 5.78 Å². The van der Waals surface area contributed by atoms with Crippen molar-refractivity contribution >= 4 is 37.6 Å². The molecule has 0 atom stereocenters. The number of ketones is 1. The van der Waals surface area contributed by atoms with Crippen LogP contribution in [0.25, 0.3) is 11.3 Å². The quantitative estimate of drug-likeness (QED) is 0.422. The van der Waals surface area contributed by atoms with Crippen molar-refractivity contribution < 1.29 is 4.79 Å². The minimum Gasteiger partial charge on any atom is -0.316 e. The zero-order valence-corrected chi connectivity index (χ0v) is 15.7. The molecule has 0 unspecified atom stereocenters. The Kier molecular flexibility index (Phi) is 4.98. The van der Waals surface area contributed by atoms with Gasteiger partial charge in [-0.05, 0) is 36.4 Å². The lowest BCUT2D eigenvalue weighted by molar-refractivity contribution is 0.102. The molecular formula is C19H12Br2N2O. The fourth-order valence-corrected chi connectivity index (χ4v) is 2.83. The van der Waals surface area contributed by atoms with Crippen LogP contribution in [0.5, 0.6) is 0 Å². The van der Waals surface area contributed by atoms with Crippen LogP contribution in [0, 0.1) is 12.3 Å². The topological polar surface area (TPSA) is 34.9 Å². The molecule has 2 aromatic carbocycles. The summed E-state index contributed by atoms with van der Waals surface area (Å²) in [6.45, 7) is 0.293. The maximum absolute atomic E-state index is 12.8. The van der Waals surface area contributed by atoms with Gasteiger partial charge in [-0.15, -0.1) is 6.42 Å². The van der Waals surface area contributed by atoms with Gasteiger partial charge in [0.05, 0.1) is 12.2 Å². The van der Waals surface area contributed by atoms with Crippen LogP contribution in [-0.2, 0) is 6.54 Å². The number of terminal acetylenes is 1. The summed E-state index contributed by atoms with van der Waals surface area (Å²) in [7, 11) is 0. The van der Waals surface area contributed by atoms with E-state index in [1.165, 1.54) is 0 Å². The van der Waals surface area contributed by atoms with Gasteiger partial charge in [0.2, 0.25) is 5.78 Å². The SMILES string of the molecule is C#CCn1cc(-c2ccc(Br)cc2)nc1C(=O)c1ccc(Br)cc1. The van der Waals surface area contributed by atoms with Crippen LogP contribution in [0.15, 0.2) is 63.7 Å². The van der Waals surface area contributed by atoms with Gasteiger partial charge in [0.25, 0.3) is 0 Å². The van der Waals surface area contributed by atoms with Crippen LogP contribution in [0.3, 0.4) is 0 Å². The summed E-state index contributed by atoms with van der Waals surface area (Å²) < 4.78 is 3.61. The van der Waals surface area contributed by atoms with E-state index in [1.807, 2.05) is 42.6 Å². The highest BCUT2D eigenvalue weighted by Gasteiger charge is 2.18. The molecule has 0 spiro atoms. The molecule has 0 N–H and O–H groups in total. The lowest BCUT2D eigenvalue weighted by Crippen LogP contribution is -2.10. The van der Waals surface area contributed by atoms with Crippen LogP contribution in [0.4, 0.5) is 0 Å². The van der Waals surface area contributed by atoms with Crippen molar-refractivity contribution in [3.63, 3.8) is 0 Å². The number of rotatable bonds is 4. The first-order valence-corrected chi connectivity index (χ1v) is 8.74. The van der Waals surface area contributed by atoms with Gasteiger partial charge in [0, 0.05) is 26.3 Å². The summed E-state index contributed by atoms with van der Waals surface area (Å²) in [6.07, 6.45) is 7.25. The number of halogens is 2. The summed E-state index contributed by atoms with van der Waals surface area (Å²) in [5, 5.41) is 0. The van der Waals surface area contributed by atoms with Gasteiger partial charge in [-0.2, -0.15) is 0 Å². The molecule has 0 bridgehead atoms. The molecule has 3 rings (SSSR count). The summed E-state index contributed by atoms with van der Waals surface area (Å²) >= 11 is 6.78. The number of carbonyl (C=O) groups is 1. The van der Waals surface area contributed by atoms with Gasteiger partial charge in [-0.25, -0.2) is 4.98 Å². The Bertz CT molecular complexity index is 919. The van der Waals surface area contributed by atoms with Gasteiger partial charge in [0.15, 0.2) is 5.82 Å². The highest BCUT2D eigenvalue weighted by Crippen LogP contribution is 2.23. The molecule has 24 heavy (non-hydrogen) atoms. The third-order valence-electron chi connectivity index (χ3n) is 3.49. The minimum atomic E-state index is -0.152. The Morgan fingerprint density at radius 3 is 2.21 bits per heavy atom. The predicted octanol–water partition coefficient (Wildman–Crippen LogP) is 4.94. The van der Waals surface area contributed by atoms with Crippen molar-refractivity contribution in [2.75, 3.05) is 0 Å². The second-order valence-corrected chi connectivity index (χ2v) is 6.96. The van der Waals surface area contributed by atoms with E-state index in [4.69, 9.17) is 6.42 Å². The largest absolute Gasteiger partial charge is 0.316 e. The Hall–Kier alpha value is -2.16. The van der Waals surface area contributed by atoms with Crippen molar-refractivity contribution in [3.8, 4) is 23.6 Å². The Balaban J connectivity index is 2.03. The van der Waals surface area contributed by atoms with Crippen molar-refractivity contribution in [1.29, 1.82) is 0 Å². The third kappa shape index (κ3) is 3.50. The lowest BCUT2D eigenvalue weighted by atomic mass is 10.1. The highest BCUT2D eigenvalue weighted by atomic mass is 79.9. The average molecular weight is 444 g/mol. The standard InChI is InChI=1S/C19H12Br2N2O/c1-2-11-23-12-17(13-3-7-15(20)8-4-13)22-19(23)18(24)14-5-9-16(21)10-6-14/h1,3-10,12H,11H2. The zero-order valence-electron chi connectivity index (χ0n) is 12.5. The monoisotopic (exact) mass is 442 g/mol. The van der Waals surface area contributed by atoms with Gasteiger partial charge in [-0.3, -0.25) is 4.79 Å². The van der Waals surface area contributed by atoms with E-state index in [9.17, 15) is 4.79 Å². The molecule has 0 saturated heterocycles. The number of aromatic nitrogens is 2. The maximum Gasteiger partial charge on any atom is 0.228 e. The molecular weight excluding hydrogens is 432 g/mol. The molecule has 1 aromatic heterocycles. The first-order valence-electron chi connectivity index (χ1n) is 7.15. The fraction of sp³-hybridized carbons (Fsp3) is 0.0526. The molecule has 0 amide bonds. The maximum atomic E-state index is 12.8. The summed E-state index contributed by atoms with van der Waals surface area (Å²) in [5.41, 5.74) is 2.22. The second kappa shape index (κ2) is 7.16. The molecule has 3 nitrogen and oxygen atoms in total. The number of nitrogens with zero attached hydrogens (tertiary/aromatic N) is 2. The normalized spacial score (nSPS) is 10.4. The van der Waals surface area contributed by atoms with E-state index >= 15 is 0 Å². The first-order chi connectivity index (χ1) is 11.6. The molecule has 5 heteroatoms. The lowest BCUT2D eigenvalue weighted by Gasteiger charge is -2.03. The minimum absolute atomic E-state index is 0.152. The third-order valence-corrected chi connectivity index (χ3v) is 4.54. The van der Waals surface area contributed by atoms with Crippen molar-refractivity contribution in [3.05, 3.63) is 75.1 Å². The van der Waals surface area contributed by atoms with Crippen LogP contribution in [0.1, 0.15) is 16.2 Å². The van der Waals surface area contributed by atoms with E-state index in [0.29, 0.717) is 17.9 Å². The molecule has 0 aliphatic heterocycles. The number of hydrogen-bond donors (Lipinski definition) is 0. The van der Waals surface area contributed by atoms with E-state index in [2.05, 4.69) is 42.8 Å². The molecule has 0 aliphatic rings. The summed E-state index contributed by atoms with van der Waals surface area (Å²) in [5.74, 6) is 2.76. The zero-order chi connectivity index (χ0) is 17.1. The van der Waals surface area contributed by atoms with Crippen molar-refractivity contribution in [2.24, 2.45) is 0 Å². The van der Waals surface area contributed by atoms with E-state index < -0.39 is 0 Å². The van der Waals surface area contributed by atoms with Gasteiger partial charge >= 0.3 is 0 Å². The fourth-order valence-electron chi connectivity index (χ4n) is 2.31. The van der Waals surface area contributed by atoms with Gasteiger partial charge in [-0.1, -0.05) is 49.9 Å². The van der Waals surface area contributed by atoms with Crippen molar-refractivity contribution in [2.45, 2.75) is 6.54 Å². The van der Waals surface area contributed by atoms with Crippen LogP contribution in [0.2, 0.25) is 0 Å². The van der Waals surface area contributed by atoms with Crippen LogP contribution >= 0.6 is 31.9 Å². The number of benzene rings is 2. The summed E-state index contributed by atoms with van der Waals surface area (Å²) in [6, 6.07) is 15.0. The predicted molar refractivity (Wildman–Crippen MR) is 102 cm³/mol.